The van der Waals surface area contributed by atoms with Crippen molar-refractivity contribution in [3.05, 3.63) is 70.8 Å². The monoisotopic (exact) mass is 272 g/mol. The van der Waals surface area contributed by atoms with E-state index in [1.165, 1.54) is 30.3 Å². The van der Waals surface area contributed by atoms with Gasteiger partial charge >= 0.3 is 0 Å². The first-order chi connectivity index (χ1) is 9.61. The van der Waals surface area contributed by atoms with Crippen LogP contribution in [0.1, 0.15) is 21.5 Å². The molecule has 1 amide bonds. The van der Waals surface area contributed by atoms with Crippen molar-refractivity contribution in [1.82, 2.24) is 5.32 Å². The van der Waals surface area contributed by atoms with Gasteiger partial charge in [-0.05, 0) is 36.4 Å². The summed E-state index contributed by atoms with van der Waals surface area (Å²) in [6.45, 7) is -0.239. The van der Waals surface area contributed by atoms with E-state index in [2.05, 4.69) is 5.32 Å². The minimum Gasteiger partial charge on any atom is -0.348 e. The number of benzene rings is 2. The molecule has 0 unspecified atom stereocenters. The molecule has 0 spiro atoms. The zero-order valence-electron chi connectivity index (χ0n) is 10.4. The van der Waals surface area contributed by atoms with Gasteiger partial charge in [0.15, 0.2) is 0 Å². The van der Waals surface area contributed by atoms with Crippen LogP contribution in [-0.4, -0.2) is 5.91 Å². The molecule has 2 aromatic carbocycles. The number of nitrogens with zero attached hydrogens (tertiary/aromatic N) is 1. The summed E-state index contributed by atoms with van der Waals surface area (Å²) in [5, 5.41) is 11.1. The predicted octanol–water partition coefficient (Wildman–Crippen LogP) is 2.77. The highest BCUT2D eigenvalue weighted by molar-refractivity contribution is 5.94. The molecule has 0 aliphatic rings. The van der Waals surface area contributed by atoms with E-state index in [0.29, 0.717) is 11.1 Å². The van der Waals surface area contributed by atoms with Gasteiger partial charge in [-0.2, -0.15) is 5.26 Å². The van der Waals surface area contributed by atoms with Crippen molar-refractivity contribution < 1.29 is 13.6 Å². The Balaban J connectivity index is 2.07. The third-order valence-electron chi connectivity index (χ3n) is 2.76. The van der Waals surface area contributed by atoms with Crippen LogP contribution < -0.4 is 5.32 Å². The Hall–Kier alpha value is -2.74. The minimum atomic E-state index is -0.704. The van der Waals surface area contributed by atoms with Gasteiger partial charge in [-0.3, -0.25) is 4.79 Å². The van der Waals surface area contributed by atoms with E-state index in [9.17, 15) is 13.6 Å². The molecule has 100 valence electrons. The van der Waals surface area contributed by atoms with Gasteiger partial charge < -0.3 is 5.32 Å². The molecule has 0 bridgehead atoms. The molecule has 0 aromatic heterocycles. The lowest BCUT2D eigenvalue weighted by Crippen LogP contribution is -2.23. The Kier molecular flexibility index (Phi) is 4.06. The molecular formula is C15H10F2N2O. The maximum Gasteiger partial charge on any atom is 0.251 e. The highest BCUT2D eigenvalue weighted by atomic mass is 19.1. The molecule has 0 fully saturated rings. The smallest absolute Gasteiger partial charge is 0.251 e. The number of rotatable bonds is 3. The lowest BCUT2D eigenvalue weighted by atomic mass is 10.1. The largest absolute Gasteiger partial charge is 0.348 e. The number of nitrogens with one attached hydrogen (secondary N) is 1. The van der Waals surface area contributed by atoms with Gasteiger partial charge in [0, 0.05) is 17.7 Å². The fraction of sp³-hybridized carbons (Fsp3) is 0.0667. The second-order valence-corrected chi connectivity index (χ2v) is 4.07. The van der Waals surface area contributed by atoms with Crippen molar-refractivity contribution in [3.63, 3.8) is 0 Å². The molecule has 20 heavy (non-hydrogen) atoms. The van der Waals surface area contributed by atoms with Crippen LogP contribution in [0.25, 0.3) is 0 Å². The van der Waals surface area contributed by atoms with Gasteiger partial charge in [-0.25, -0.2) is 8.78 Å². The molecule has 0 saturated heterocycles. The number of carbonyl (C=O) groups is 1. The first-order valence-electron chi connectivity index (χ1n) is 5.83. The maximum atomic E-state index is 13.4. The van der Waals surface area contributed by atoms with E-state index < -0.39 is 17.5 Å². The first kappa shape index (κ1) is 13.7. The Bertz CT molecular complexity index is 655. The van der Waals surface area contributed by atoms with Gasteiger partial charge in [0.25, 0.3) is 5.91 Å². The number of amides is 1. The molecule has 0 radical (unpaired) electrons. The van der Waals surface area contributed by atoms with Crippen molar-refractivity contribution in [3.8, 4) is 6.07 Å². The number of carbonyl (C=O) groups excluding carboxylic acids is 1. The average Bonchev–Trinajstić information content (AvgIpc) is 2.46. The van der Waals surface area contributed by atoms with Crippen LogP contribution in [0.4, 0.5) is 8.78 Å². The summed E-state index contributed by atoms with van der Waals surface area (Å²) in [5.74, 6) is -1.87. The maximum absolute atomic E-state index is 13.4. The van der Waals surface area contributed by atoms with Crippen molar-refractivity contribution >= 4 is 5.91 Å². The Morgan fingerprint density at radius 1 is 1.10 bits per heavy atom. The average molecular weight is 272 g/mol. The fourth-order valence-electron chi connectivity index (χ4n) is 1.67. The summed E-state index contributed by atoms with van der Waals surface area (Å²) < 4.78 is 26.7. The summed E-state index contributed by atoms with van der Waals surface area (Å²) >= 11 is 0. The third-order valence-corrected chi connectivity index (χ3v) is 2.76. The number of nitriles is 1. The van der Waals surface area contributed by atoms with Crippen LogP contribution >= 0.6 is 0 Å². The lowest BCUT2D eigenvalue weighted by molar-refractivity contribution is 0.0950. The molecule has 0 atom stereocenters. The molecule has 1 N–H and O–H groups in total. The summed E-state index contributed by atoms with van der Waals surface area (Å²) in [5.41, 5.74) is 0.567. The lowest BCUT2D eigenvalue weighted by Gasteiger charge is -2.07. The van der Waals surface area contributed by atoms with Crippen LogP contribution in [0.5, 0.6) is 0 Å². The van der Waals surface area contributed by atoms with Crippen LogP contribution in [-0.2, 0) is 6.54 Å². The van der Waals surface area contributed by atoms with Gasteiger partial charge in [-0.15, -0.1) is 0 Å². The SMILES string of the molecule is N#Cc1ccc(C(=O)NCc2c(F)cccc2F)cc1. The quantitative estimate of drug-likeness (QED) is 0.934. The third kappa shape index (κ3) is 2.98. The summed E-state index contributed by atoms with van der Waals surface area (Å²) in [7, 11) is 0. The van der Waals surface area contributed by atoms with Crippen LogP contribution in [0.3, 0.4) is 0 Å². The molecule has 0 heterocycles. The van der Waals surface area contributed by atoms with Crippen molar-refractivity contribution in [1.29, 1.82) is 5.26 Å². The second-order valence-electron chi connectivity index (χ2n) is 4.07. The number of hydrogen-bond acceptors (Lipinski definition) is 2. The fourth-order valence-corrected chi connectivity index (χ4v) is 1.67. The molecule has 0 saturated carbocycles. The topological polar surface area (TPSA) is 52.9 Å². The van der Waals surface area contributed by atoms with E-state index >= 15 is 0 Å². The van der Waals surface area contributed by atoms with Gasteiger partial charge in [0.05, 0.1) is 11.6 Å². The van der Waals surface area contributed by atoms with Gasteiger partial charge in [-0.1, -0.05) is 6.07 Å². The van der Waals surface area contributed by atoms with Crippen LogP contribution in [0.15, 0.2) is 42.5 Å². The molecule has 0 aliphatic carbocycles. The number of halogens is 2. The molecule has 3 nitrogen and oxygen atoms in total. The Morgan fingerprint density at radius 3 is 2.25 bits per heavy atom. The van der Waals surface area contributed by atoms with E-state index in [-0.39, 0.29) is 12.1 Å². The second kappa shape index (κ2) is 5.93. The molecule has 2 aromatic rings. The van der Waals surface area contributed by atoms with Crippen LogP contribution in [0.2, 0.25) is 0 Å². The van der Waals surface area contributed by atoms with Crippen LogP contribution in [0, 0.1) is 23.0 Å². The minimum absolute atomic E-state index is 0.186. The standard InChI is InChI=1S/C15H10F2N2O/c16-13-2-1-3-14(17)12(13)9-19-15(20)11-6-4-10(8-18)5-7-11/h1-7H,9H2,(H,19,20). The first-order valence-corrected chi connectivity index (χ1v) is 5.83. The van der Waals surface area contributed by atoms with E-state index in [0.717, 1.165) is 12.1 Å². The zero-order valence-corrected chi connectivity index (χ0v) is 10.4. The highest BCUT2D eigenvalue weighted by Crippen LogP contribution is 2.12. The molecule has 0 aliphatic heterocycles. The Morgan fingerprint density at radius 2 is 1.70 bits per heavy atom. The highest BCUT2D eigenvalue weighted by Gasteiger charge is 2.11. The van der Waals surface area contributed by atoms with E-state index in [1.807, 2.05) is 6.07 Å². The zero-order chi connectivity index (χ0) is 14.5. The van der Waals surface area contributed by atoms with Crippen molar-refractivity contribution in [2.45, 2.75) is 6.54 Å². The van der Waals surface area contributed by atoms with Crippen molar-refractivity contribution in [2.24, 2.45) is 0 Å². The molecule has 2 rings (SSSR count). The van der Waals surface area contributed by atoms with E-state index in [4.69, 9.17) is 5.26 Å². The van der Waals surface area contributed by atoms with Gasteiger partial charge in [0.1, 0.15) is 11.6 Å². The predicted molar refractivity (Wildman–Crippen MR) is 68.7 cm³/mol. The molecule has 5 heteroatoms. The van der Waals surface area contributed by atoms with E-state index in [1.54, 1.807) is 0 Å². The number of hydrogen-bond donors (Lipinski definition) is 1. The summed E-state index contributed by atoms with van der Waals surface area (Å²) in [4.78, 5) is 11.8. The van der Waals surface area contributed by atoms with Gasteiger partial charge in [0.2, 0.25) is 0 Å². The summed E-state index contributed by atoms with van der Waals surface area (Å²) in [6, 6.07) is 11.4. The summed E-state index contributed by atoms with van der Waals surface area (Å²) in [6.07, 6.45) is 0. The molecular weight excluding hydrogens is 262 g/mol. The normalized spacial score (nSPS) is 9.85. The Labute approximate surface area is 114 Å². The van der Waals surface area contributed by atoms with Crippen molar-refractivity contribution in [2.75, 3.05) is 0 Å².